The molecule has 88 valence electrons. The van der Waals surface area contributed by atoms with Crippen LogP contribution in [0.1, 0.15) is 30.9 Å². The van der Waals surface area contributed by atoms with E-state index in [9.17, 15) is 0 Å². The maximum absolute atomic E-state index is 4.62. The average molecular weight is 219 g/mol. The maximum atomic E-state index is 4.62. The summed E-state index contributed by atoms with van der Waals surface area (Å²) in [5, 5.41) is 3.16. The highest BCUT2D eigenvalue weighted by Crippen LogP contribution is 2.31. The van der Waals surface area contributed by atoms with Crippen molar-refractivity contribution in [2.75, 3.05) is 18.5 Å². The number of hydrogen-bond donors (Lipinski definition) is 1. The first-order chi connectivity index (χ1) is 7.76. The summed E-state index contributed by atoms with van der Waals surface area (Å²) >= 11 is 0. The summed E-state index contributed by atoms with van der Waals surface area (Å²) in [6.07, 6.45) is 4.64. The van der Waals surface area contributed by atoms with Gasteiger partial charge in [-0.15, -0.1) is 0 Å². The number of aromatic nitrogens is 1. The van der Waals surface area contributed by atoms with E-state index in [1.54, 1.807) is 0 Å². The molecule has 16 heavy (non-hydrogen) atoms. The fourth-order valence-electron chi connectivity index (χ4n) is 2.19. The van der Waals surface area contributed by atoms with Crippen LogP contribution in [0.5, 0.6) is 0 Å². The Hall–Kier alpha value is -1.09. The van der Waals surface area contributed by atoms with Crippen molar-refractivity contribution in [3.8, 4) is 0 Å². The summed E-state index contributed by atoms with van der Waals surface area (Å²) in [6.45, 7) is 6.32. The molecule has 1 aliphatic rings. The van der Waals surface area contributed by atoms with Gasteiger partial charge in [0.2, 0.25) is 0 Å². The zero-order valence-electron chi connectivity index (χ0n) is 10.5. The predicted molar refractivity (Wildman–Crippen MR) is 67.8 cm³/mol. The van der Waals surface area contributed by atoms with Crippen LogP contribution in [0.15, 0.2) is 12.3 Å². The third kappa shape index (κ3) is 2.35. The van der Waals surface area contributed by atoms with Crippen molar-refractivity contribution in [2.45, 2.75) is 39.3 Å². The molecule has 1 N–H and O–H groups in total. The number of anilines is 1. The summed E-state index contributed by atoms with van der Waals surface area (Å²) in [4.78, 5) is 7.04. The molecule has 1 aliphatic carbocycles. The fraction of sp³-hybridized carbons (Fsp3) is 0.615. The molecule has 0 amide bonds. The Bertz CT molecular complexity index is 358. The molecule has 0 aliphatic heterocycles. The molecule has 1 fully saturated rings. The first-order valence-electron chi connectivity index (χ1n) is 6.13. The number of rotatable bonds is 5. The van der Waals surface area contributed by atoms with Gasteiger partial charge in [0.25, 0.3) is 0 Å². The molecule has 3 nitrogen and oxygen atoms in total. The lowest BCUT2D eigenvalue weighted by Crippen LogP contribution is -2.27. The van der Waals surface area contributed by atoms with E-state index in [1.807, 2.05) is 13.2 Å². The van der Waals surface area contributed by atoms with E-state index in [1.165, 1.54) is 29.8 Å². The molecule has 1 saturated carbocycles. The Kier molecular flexibility index (Phi) is 3.44. The van der Waals surface area contributed by atoms with Crippen LogP contribution in [0.25, 0.3) is 0 Å². The van der Waals surface area contributed by atoms with Gasteiger partial charge in [-0.25, -0.2) is 4.98 Å². The Morgan fingerprint density at radius 1 is 1.50 bits per heavy atom. The van der Waals surface area contributed by atoms with Gasteiger partial charge >= 0.3 is 0 Å². The summed E-state index contributed by atoms with van der Waals surface area (Å²) in [7, 11) is 1.96. The van der Waals surface area contributed by atoms with Crippen LogP contribution in [0.2, 0.25) is 0 Å². The van der Waals surface area contributed by atoms with Crippen molar-refractivity contribution in [3.05, 3.63) is 23.4 Å². The van der Waals surface area contributed by atoms with Crippen molar-refractivity contribution in [2.24, 2.45) is 0 Å². The molecule has 3 heteroatoms. The zero-order chi connectivity index (χ0) is 11.5. The molecule has 0 radical (unpaired) electrons. The van der Waals surface area contributed by atoms with E-state index >= 15 is 0 Å². The van der Waals surface area contributed by atoms with Crippen LogP contribution >= 0.6 is 0 Å². The van der Waals surface area contributed by atoms with Crippen LogP contribution in [0, 0.1) is 6.92 Å². The number of aryl methyl sites for hydroxylation is 1. The minimum atomic E-state index is 0.742. The second-order valence-electron chi connectivity index (χ2n) is 4.53. The van der Waals surface area contributed by atoms with E-state index in [4.69, 9.17) is 0 Å². The predicted octanol–water partition coefficient (Wildman–Crippen LogP) is 2.10. The molecule has 2 rings (SSSR count). The SMILES string of the molecule is CCN(c1ncc(CNC)cc1C)C1CC1. The minimum absolute atomic E-state index is 0.742. The van der Waals surface area contributed by atoms with Crippen LogP contribution in [0.3, 0.4) is 0 Å². The van der Waals surface area contributed by atoms with Crippen molar-refractivity contribution < 1.29 is 0 Å². The highest BCUT2D eigenvalue weighted by atomic mass is 15.2. The lowest BCUT2D eigenvalue weighted by molar-refractivity contribution is 0.788. The molecule has 0 atom stereocenters. The molecule has 0 bridgehead atoms. The normalized spacial score (nSPS) is 15.2. The Morgan fingerprint density at radius 3 is 2.75 bits per heavy atom. The number of hydrogen-bond acceptors (Lipinski definition) is 3. The van der Waals surface area contributed by atoms with Gasteiger partial charge in [0.15, 0.2) is 0 Å². The second-order valence-corrected chi connectivity index (χ2v) is 4.53. The Morgan fingerprint density at radius 2 is 2.25 bits per heavy atom. The van der Waals surface area contributed by atoms with Gasteiger partial charge in [0.1, 0.15) is 5.82 Å². The highest BCUT2D eigenvalue weighted by molar-refractivity contribution is 5.49. The molecule has 0 aromatic carbocycles. The third-order valence-corrected chi connectivity index (χ3v) is 3.09. The fourth-order valence-corrected chi connectivity index (χ4v) is 2.19. The van der Waals surface area contributed by atoms with E-state index < -0.39 is 0 Å². The van der Waals surface area contributed by atoms with Crippen molar-refractivity contribution in [1.29, 1.82) is 0 Å². The molecule has 1 aromatic rings. The summed E-state index contributed by atoms with van der Waals surface area (Å²) in [6, 6.07) is 2.98. The van der Waals surface area contributed by atoms with E-state index in [0.29, 0.717) is 0 Å². The summed E-state index contributed by atoms with van der Waals surface area (Å²) < 4.78 is 0. The van der Waals surface area contributed by atoms with E-state index in [0.717, 1.165) is 19.1 Å². The largest absolute Gasteiger partial charge is 0.354 e. The van der Waals surface area contributed by atoms with Gasteiger partial charge in [-0.05, 0) is 50.9 Å². The molecule has 0 unspecified atom stereocenters. The van der Waals surface area contributed by atoms with Crippen LogP contribution in [-0.4, -0.2) is 24.6 Å². The highest BCUT2D eigenvalue weighted by Gasteiger charge is 2.29. The maximum Gasteiger partial charge on any atom is 0.131 e. The quantitative estimate of drug-likeness (QED) is 0.822. The molecule has 1 heterocycles. The number of nitrogens with zero attached hydrogens (tertiary/aromatic N) is 2. The Balaban J connectivity index is 2.20. The molecule has 0 saturated heterocycles. The Labute approximate surface area is 97.9 Å². The number of nitrogens with one attached hydrogen (secondary N) is 1. The molecular formula is C13H21N3. The summed E-state index contributed by atoms with van der Waals surface area (Å²) in [5.74, 6) is 1.17. The first-order valence-corrected chi connectivity index (χ1v) is 6.13. The van der Waals surface area contributed by atoms with Gasteiger partial charge in [-0.2, -0.15) is 0 Å². The standard InChI is InChI=1S/C13H21N3/c1-4-16(12-5-6-12)13-10(2)7-11(8-14-3)9-15-13/h7,9,12,14H,4-6,8H2,1-3H3. The topological polar surface area (TPSA) is 28.2 Å². The van der Waals surface area contributed by atoms with E-state index in [2.05, 4.69) is 35.1 Å². The zero-order valence-corrected chi connectivity index (χ0v) is 10.5. The van der Waals surface area contributed by atoms with Gasteiger partial charge in [0, 0.05) is 25.3 Å². The smallest absolute Gasteiger partial charge is 0.131 e. The van der Waals surface area contributed by atoms with Gasteiger partial charge in [-0.3, -0.25) is 0 Å². The van der Waals surface area contributed by atoms with Gasteiger partial charge < -0.3 is 10.2 Å². The van der Waals surface area contributed by atoms with Crippen molar-refractivity contribution in [1.82, 2.24) is 10.3 Å². The van der Waals surface area contributed by atoms with Gasteiger partial charge in [0.05, 0.1) is 0 Å². The third-order valence-electron chi connectivity index (χ3n) is 3.09. The van der Waals surface area contributed by atoms with Crippen LogP contribution < -0.4 is 10.2 Å². The monoisotopic (exact) mass is 219 g/mol. The van der Waals surface area contributed by atoms with Crippen LogP contribution in [0.4, 0.5) is 5.82 Å². The summed E-state index contributed by atoms with van der Waals surface area (Å²) in [5.41, 5.74) is 2.55. The van der Waals surface area contributed by atoms with Crippen molar-refractivity contribution >= 4 is 5.82 Å². The van der Waals surface area contributed by atoms with E-state index in [-0.39, 0.29) is 0 Å². The molecule has 1 aromatic heterocycles. The second kappa shape index (κ2) is 4.83. The lowest BCUT2D eigenvalue weighted by atomic mass is 10.2. The van der Waals surface area contributed by atoms with Gasteiger partial charge in [-0.1, -0.05) is 0 Å². The first kappa shape index (κ1) is 11.4. The average Bonchev–Trinajstić information content (AvgIpc) is 3.07. The van der Waals surface area contributed by atoms with Crippen molar-refractivity contribution in [3.63, 3.8) is 0 Å². The minimum Gasteiger partial charge on any atom is -0.354 e. The van der Waals surface area contributed by atoms with Crippen LogP contribution in [-0.2, 0) is 6.54 Å². The molecule has 0 spiro atoms. The lowest BCUT2D eigenvalue weighted by Gasteiger charge is -2.23. The number of pyridine rings is 1. The molecular weight excluding hydrogens is 198 g/mol.